The molecule has 6 nitrogen and oxygen atoms in total. The fraction of sp³-hybridized carbons (Fsp3) is 0. The molecule has 0 aliphatic rings. The van der Waals surface area contributed by atoms with Crippen LogP contribution in [0, 0.1) is 0 Å². The molecule has 0 saturated carbocycles. The van der Waals surface area contributed by atoms with Gasteiger partial charge in [-0.05, 0) is 183 Å². The molecule has 0 radical (unpaired) electrons. The van der Waals surface area contributed by atoms with Crippen LogP contribution in [0.4, 0.5) is 0 Å². The van der Waals surface area contributed by atoms with E-state index in [-0.39, 0.29) is 0 Å². The van der Waals surface area contributed by atoms with Crippen LogP contribution in [-0.2, 0) is 0 Å². The summed E-state index contributed by atoms with van der Waals surface area (Å²) in [7, 11) is 0. The predicted octanol–water partition coefficient (Wildman–Crippen LogP) is 29.5. The van der Waals surface area contributed by atoms with Crippen molar-refractivity contribution in [3.63, 3.8) is 0 Å². The summed E-state index contributed by atoms with van der Waals surface area (Å²) in [5.74, 6) is 0. The Bertz CT molecular complexity index is 7100. The fourth-order valence-electron chi connectivity index (χ4n) is 16.7. The SMILES string of the molecule is c1ccc(-c2cc3c(-c4ccccc4)cc(-c4ccc(-c5cccnc5)cc4)nc3c3ccccc23)cc1.c1ccc(-c2cc3c(-c4ccccc4)cc(-c4ccc(-c5ccnc6ccccc56)cc4)nc3c3ccccc23)cc1.c1ccc(-c2cc3c(-c4ccccc4)cc(-c4ccc(-c5ccncc5)cc4)nc3c3ccccc23)cc1. The maximum atomic E-state index is 5.34. The Morgan fingerprint density at radius 2 is 0.415 bits per heavy atom. The molecule has 6 heterocycles. The van der Waals surface area contributed by atoms with E-state index in [1.807, 2.05) is 49.1 Å². The average molecular weight is 1500 g/mol. The molecule has 16 aromatic carbocycles. The predicted molar refractivity (Wildman–Crippen MR) is 494 cm³/mol. The molecule has 6 heteroatoms. The second kappa shape index (κ2) is 32.0. The van der Waals surface area contributed by atoms with Crippen molar-refractivity contribution in [3.8, 4) is 134 Å². The zero-order valence-electron chi connectivity index (χ0n) is 64.4. The summed E-state index contributed by atoms with van der Waals surface area (Å²) < 4.78 is 0. The van der Waals surface area contributed by atoms with Gasteiger partial charge in [-0.25, -0.2) is 15.0 Å². The molecular formula is C112H74N6. The van der Waals surface area contributed by atoms with E-state index in [2.05, 4.69) is 409 Å². The van der Waals surface area contributed by atoms with Gasteiger partial charge in [0.1, 0.15) is 0 Å². The van der Waals surface area contributed by atoms with Gasteiger partial charge < -0.3 is 0 Å². The lowest BCUT2D eigenvalue weighted by molar-refractivity contribution is 1.33. The van der Waals surface area contributed by atoms with E-state index in [1.54, 1.807) is 6.20 Å². The van der Waals surface area contributed by atoms with E-state index in [9.17, 15) is 0 Å². The van der Waals surface area contributed by atoms with Crippen molar-refractivity contribution in [1.82, 2.24) is 29.9 Å². The van der Waals surface area contributed by atoms with E-state index in [1.165, 1.54) is 94.0 Å². The molecule has 0 aliphatic heterocycles. The first kappa shape index (κ1) is 71.3. The molecule has 552 valence electrons. The van der Waals surface area contributed by atoms with Crippen molar-refractivity contribution < 1.29 is 0 Å². The smallest absolute Gasteiger partial charge is 0.0794 e. The van der Waals surface area contributed by atoms with Crippen LogP contribution in [-0.4, -0.2) is 29.9 Å². The average Bonchev–Trinajstić information content (AvgIpc) is 0.750. The van der Waals surface area contributed by atoms with Crippen molar-refractivity contribution in [2.45, 2.75) is 0 Å². The van der Waals surface area contributed by atoms with E-state index in [0.29, 0.717) is 0 Å². The minimum absolute atomic E-state index is 0.963. The topological polar surface area (TPSA) is 77.3 Å². The van der Waals surface area contributed by atoms with Crippen LogP contribution >= 0.6 is 0 Å². The third kappa shape index (κ3) is 14.1. The summed E-state index contributed by atoms with van der Waals surface area (Å²) in [5, 5.41) is 11.7. The highest BCUT2D eigenvalue weighted by molar-refractivity contribution is 6.19. The number of benzene rings is 16. The van der Waals surface area contributed by atoms with Gasteiger partial charge in [-0.1, -0.05) is 352 Å². The molecule has 22 rings (SSSR count). The highest BCUT2D eigenvalue weighted by atomic mass is 14.7. The Kier molecular flexibility index (Phi) is 19.3. The maximum absolute atomic E-state index is 5.34. The first-order valence-corrected chi connectivity index (χ1v) is 39.9. The highest BCUT2D eigenvalue weighted by Gasteiger charge is 2.21. The number of aromatic nitrogens is 6. The van der Waals surface area contributed by atoms with Crippen molar-refractivity contribution in [3.05, 3.63) is 450 Å². The Morgan fingerprint density at radius 3 is 0.763 bits per heavy atom. The molecule has 0 amide bonds. The first-order valence-electron chi connectivity index (χ1n) is 39.9. The van der Waals surface area contributed by atoms with Crippen LogP contribution in [0.1, 0.15) is 0 Å². The number of hydrogen-bond acceptors (Lipinski definition) is 6. The highest BCUT2D eigenvalue weighted by Crippen LogP contribution is 2.45. The van der Waals surface area contributed by atoms with Gasteiger partial charge in [0.25, 0.3) is 0 Å². The zero-order chi connectivity index (χ0) is 78.5. The standard InChI is InChI=1S/C40H26N2.2C36H24N2/c1-3-11-27(12-4-1)35-25-37-36(28-13-5-2-6-14-28)26-39(42-40(37)34-17-8-7-15-32(34)35)30-21-19-29(20-22-30)31-23-24-41-38-18-10-9-16-33(31)38;1-3-10-26(11-4-1)32-22-34-33(27-12-5-2-6-13-27)23-35(38-36(34)31-16-8-7-15-30(31)32)28-19-17-25(18-20-28)29-14-9-21-37-24-29;1-3-9-27(10-4-1)32-23-34-33(28-11-5-2-6-12-28)24-35(38-36(34)31-14-8-7-13-30(31)32)29-17-15-25(16-18-29)26-19-21-37-22-20-26/h1-26H;2*1-24H. The Balaban J connectivity index is 0.000000114. The van der Waals surface area contributed by atoms with Crippen molar-refractivity contribution >= 4 is 75.9 Å². The van der Waals surface area contributed by atoms with Gasteiger partial charge in [-0.15, -0.1) is 0 Å². The normalized spacial score (nSPS) is 11.2. The van der Waals surface area contributed by atoms with E-state index >= 15 is 0 Å². The molecule has 22 aromatic rings. The van der Waals surface area contributed by atoms with Crippen LogP contribution < -0.4 is 0 Å². The van der Waals surface area contributed by atoms with Gasteiger partial charge in [0.15, 0.2) is 0 Å². The Labute approximate surface area is 684 Å². The summed E-state index contributed by atoms with van der Waals surface area (Å²) in [5.41, 5.74) is 31.6. The van der Waals surface area contributed by atoms with Gasteiger partial charge in [0, 0.05) is 85.4 Å². The van der Waals surface area contributed by atoms with E-state index in [0.717, 1.165) is 116 Å². The molecule has 0 aliphatic carbocycles. The lowest BCUT2D eigenvalue weighted by atomic mass is 9.91. The zero-order valence-corrected chi connectivity index (χ0v) is 64.4. The largest absolute Gasteiger partial charge is 0.265 e. The lowest BCUT2D eigenvalue weighted by Crippen LogP contribution is -1.93. The fourth-order valence-corrected chi connectivity index (χ4v) is 16.7. The van der Waals surface area contributed by atoms with Gasteiger partial charge in [0.05, 0.1) is 39.1 Å². The Hall–Kier alpha value is -15.8. The van der Waals surface area contributed by atoms with Gasteiger partial charge >= 0.3 is 0 Å². The third-order valence-electron chi connectivity index (χ3n) is 22.5. The molecule has 0 N–H and O–H groups in total. The number of fused-ring (bicyclic) bond motifs is 10. The van der Waals surface area contributed by atoms with Gasteiger partial charge in [0.2, 0.25) is 0 Å². The summed E-state index contributed by atoms with van der Waals surface area (Å²) in [4.78, 5) is 28.9. The number of para-hydroxylation sites is 1. The molecule has 118 heavy (non-hydrogen) atoms. The minimum Gasteiger partial charge on any atom is -0.265 e. The second-order valence-corrected chi connectivity index (χ2v) is 29.5. The molecule has 0 fully saturated rings. The van der Waals surface area contributed by atoms with E-state index < -0.39 is 0 Å². The van der Waals surface area contributed by atoms with Crippen LogP contribution in [0.3, 0.4) is 0 Å². The number of rotatable bonds is 12. The lowest BCUT2D eigenvalue weighted by Gasteiger charge is -2.16. The maximum Gasteiger partial charge on any atom is 0.0794 e. The van der Waals surface area contributed by atoms with Crippen molar-refractivity contribution in [2.24, 2.45) is 0 Å². The van der Waals surface area contributed by atoms with Crippen LogP contribution in [0.5, 0.6) is 0 Å². The van der Waals surface area contributed by atoms with E-state index in [4.69, 9.17) is 15.0 Å². The van der Waals surface area contributed by atoms with Crippen LogP contribution in [0.2, 0.25) is 0 Å². The summed E-state index contributed by atoms with van der Waals surface area (Å²) in [6.45, 7) is 0. The molecule has 0 unspecified atom stereocenters. The molecular weight excluding hydrogens is 1430 g/mol. The molecule has 0 saturated heterocycles. The molecule has 0 atom stereocenters. The van der Waals surface area contributed by atoms with Crippen molar-refractivity contribution in [2.75, 3.05) is 0 Å². The molecule has 0 spiro atoms. The Morgan fingerprint density at radius 1 is 0.144 bits per heavy atom. The molecule has 6 aromatic heterocycles. The van der Waals surface area contributed by atoms with Crippen molar-refractivity contribution in [1.29, 1.82) is 0 Å². The molecule has 0 bridgehead atoms. The monoisotopic (exact) mass is 1500 g/mol. The number of pyridine rings is 6. The summed E-state index contributed by atoms with van der Waals surface area (Å²) in [6, 6.07) is 148. The summed E-state index contributed by atoms with van der Waals surface area (Å²) in [6.07, 6.45) is 9.24. The van der Waals surface area contributed by atoms with Crippen LogP contribution in [0.15, 0.2) is 450 Å². The second-order valence-electron chi connectivity index (χ2n) is 29.5. The van der Waals surface area contributed by atoms with Gasteiger partial charge in [-0.2, -0.15) is 0 Å². The third-order valence-corrected chi connectivity index (χ3v) is 22.5. The van der Waals surface area contributed by atoms with Gasteiger partial charge in [-0.3, -0.25) is 15.0 Å². The quantitative estimate of drug-likeness (QED) is 0.113. The summed E-state index contributed by atoms with van der Waals surface area (Å²) >= 11 is 0. The number of hydrogen-bond donors (Lipinski definition) is 0. The van der Waals surface area contributed by atoms with Crippen LogP contribution in [0.25, 0.3) is 210 Å². The first-order chi connectivity index (χ1) is 58.5. The number of nitrogens with zero attached hydrogens (tertiary/aromatic N) is 6. The minimum atomic E-state index is 0.963.